The van der Waals surface area contributed by atoms with Gasteiger partial charge in [-0.3, -0.25) is 15.1 Å². The number of nitrogens with one attached hydrogen (secondary N) is 1. The molecule has 0 unspecified atom stereocenters. The minimum atomic E-state index is -0.317. The number of hydrogen-bond acceptors (Lipinski definition) is 6. The Morgan fingerprint density at radius 2 is 2.42 bits per heavy atom. The highest BCUT2D eigenvalue weighted by Crippen LogP contribution is 2.15. The highest BCUT2D eigenvalue weighted by molar-refractivity contribution is 9.10. The van der Waals surface area contributed by atoms with Crippen molar-refractivity contribution in [2.24, 2.45) is 0 Å². The molecule has 0 aromatic carbocycles. The molecule has 2 aromatic rings. The predicted molar refractivity (Wildman–Crippen MR) is 69.6 cm³/mol. The van der Waals surface area contributed by atoms with Crippen LogP contribution >= 0.6 is 15.9 Å². The van der Waals surface area contributed by atoms with Crippen LogP contribution in [-0.4, -0.2) is 44.8 Å². The Hall–Kier alpha value is -1.87. The van der Waals surface area contributed by atoms with Crippen molar-refractivity contribution in [2.75, 3.05) is 19.0 Å². The zero-order chi connectivity index (χ0) is 13.7. The first-order valence-corrected chi connectivity index (χ1v) is 6.17. The fourth-order valence-corrected chi connectivity index (χ4v) is 1.78. The molecule has 2 rings (SSSR count). The third kappa shape index (κ3) is 3.32. The molecule has 1 amide bonds. The van der Waals surface area contributed by atoms with E-state index in [0.717, 1.165) is 0 Å². The number of halogens is 1. The smallest absolute Gasteiger partial charge is 0.259 e. The SMILES string of the molecule is COCCn1nnnc1NC(=O)c1ccncc1Br. The average molecular weight is 327 g/mol. The molecule has 0 spiro atoms. The summed E-state index contributed by atoms with van der Waals surface area (Å²) in [5.41, 5.74) is 0.455. The lowest BCUT2D eigenvalue weighted by Crippen LogP contribution is -2.18. The van der Waals surface area contributed by atoms with Crippen molar-refractivity contribution in [2.45, 2.75) is 6.54 Å². The zero-order valence-corrected chi connectivity index (χ0v) is 11.7. The second-order valence-electron chi connectivity index (χ2n) is 3.53. The second kappa shape index (κ2) is 6.34. The molecule has 19 heavy (non-hydrogen) atoms. The van der Waals surface area contributed by atoms with Crippen LogP contribution in [0.15, 0.2) is 22.9 Å². The summed E-state index contributed by atoms with van der Waals surface area (Å²) in [4.78, 5) is 15.9. The Morgan fingerprint density at radius 1 is 1.58 bits per heavy atom. The topological polar surface area (TPSA) is 94.8 Å². The van der Waals surface area contributed by atoms with Crippen LogP contribution in [0.5, 0.6) is 0 Å². The molecule has 0 radical (unpaired) electrons. The third-order valence-corrected chi connectivity index (χ3v) is 2.91. The van der Waals surface area contributed by atoms with Crippen molar-refractivity contribution >= 4 is 27.8 Å². The maximum Gasteiger partial charge on any atom is 0.259 e. The number of nitrogens with zero attached hydrogens (tertiary/aromatic N) is 5. The van der Waals surface area contributed by atoms with E-state index in [9.17, 15) is 4.79 Å². The van der Waals surface area contributed by atoms with Crippen molar-refractivity contribution in [3.05, 3.63) is 28.5 Å². The summed E-state index contributed by atoms with van der Waals surface area (Å²) in [5, 5.41) is 13.7. The summed E-state index contributed by atoms with van der Waals surface area (Å²) < 4.78 is 6.99. The minimum Gasteiger partial charge on any atom is -0.383 e. The zero-order valence-electron chi connectivity index (χ0n) is 10.1. The Morgan fingerprint density at radius 3 is 3.16 bits per heavy atom. The van der Waals surface area contributed by atoms with Gasteiger partial charge in [-0.1, -0.05) is 5.10 Å². The van der Waals surface area contributed by atoms with Gasteiger partial charge in [-0.25, -0.2) is 4.68 Å². The van der Waals surface area contributed by atoms with E-state index in [-0.39, 0.29) is 11.9 Å². The number of carbonyl (C=O) groups is 1. The molecular formula is C10H11BrN6O2. The molecule has 9 heteroatoms. The van der Waals surface area contributed by atoms with E-state index in [1.165, 1.54) is 10.9 Å². The van der Waals surface area contributed by atoms with Crippen LogP contribution in [0.3, 0.4) is 0 Å². The molecule has 0 aliphatic rings. The summed E-state index contributed by atoms with van der Waals surface area (Å²) >= 11 is 3.26. The summed E-state index contributed by atoms with van der Waals surface area (Å²) in [5.74, 6) is -0.0477. The van der Waals surface area contributed by atoms with Gasteiger partial charge in [0.05, 0.1) is 18.7 Å². The van der Waals surface area contributed by atoms with E-state index in [0.29, 0.717) is 23.2 Å². The van der Waals surface area contributed by atoms with Gasteiger partial charge >= 0.3 is 0 Å². The lowest BCUT2D eigenvalue weighted by atomic mass is 10.2. The van der Waals surface area contributed by atoms with Crippen LogP contribution in [0.25, 0.3) is 0 Å². The first-order chi connectivity index (χ1) is 9.22. The fraction of sp³-hybridized carbons (Fsp3) is 0.300. The number of pyridine rings is 1. The average Bonchev–Trinajstić information content (AvgIpc) is 2.84. The van der Waals surface area contributed by atoms with Gasteiger partial charge in [0.15, 0.2) is 0 Å². The molecule has 2 aromatic heterocycles. The summed E-state index contributed by atoms with van der Waals surface area (Å²) in [6.45, 7) is 0.906. The van der Waals surface area contributed by atoms with Crippen molar-refractivity contribution in [1.29, 1.82) is 0 Å². The summed E-state index contributed by atoms with van der Waals surface area (Å²) in [7, 11) is 1.58. The van der Waals surface area contributed by atoms with E-state index in [4.69, 9.17) is 4.74 Å². The molecule has 2 heterocycles. The third-order valence-electron chi connectivity index (χ3n) is 2.28. The van der Waals surface area contributed by atoms with Gasteiger partial charge in [-0.15, -0.1) is 0 Å². The maximum absolute atomic E-state index is 12.0. The molecule has 1 N–H and O–H groups in total. The molecule has 0 aliphatic heterocycles. The Bertz CT molecular complexity index is 573. The fourth-order valence-electron chi connectivity index (χ4n) is 1.35. The minimum absolute atomic E-state index is 0.269. The van der Waals surface area contributed by atoms with Gasteiger partial charge < -0.3 is 4.74 Å². The van der Waals surface area contributed by atoms with E-state index in [1.807, 2.05) is 0 Å². The lowest BCUT2D eigenvalue weighted by Gasteiger charge is -2.06. The number of anilines is 1. The van der Waals surface area contributed by atoms with Crippen LogP contribution in [0.1, 0.15) is 10.4 Å². The van der Waals surface area contributed by atoms with Crippen LogP contribution in [-0.2, 0) is 11.3 Å². The molecule has 0 saturated heterocycles. The number of amides is 1. The van der Waals surface area contributed by atoms with Crippen LogP contribution < -0.4 is 5.32 Å². The monoisotopic (exact) mass is 326 g/mol. The largest absolute Gasteiger partial charge is 0.383 e. The number of carbonyl (C=O) groups excluding carboxylic acids is 1. The van der Waals surface area contributed by atoms with Gasteiger partial charge in [0.1, 0.15) is 0 Å². The number of methoxy groups -OCH3 is 1. The molecule has 100 valence electrons. The van der Waals surface area contributed by atoms with Crippen molar-refractivity contribution in [3.63, 3.8) is 0 Å². The van der Waals surface area contributed by atoms with Crippen molar-refractivity contribution in [1.82, 2.24) is 25.2 Å². The maximum atomic E-state index is 12.0. The van der Waals surface area contributed by atoms with E-state index >= 15 is 0 Å². The molecule has 0 bridgehead atoms. The Labute approximate surface area is 117 Å². The molecule has 0 fully saturated rings. The Kier molecular flexibility index (Phi) is 4.53. The normalized spacial score (nSPS) is 10.4. The first kappa shape index (κ1) is 13.6. The standard InChI is InChI=1S/C10H11BrN6O2/c1-19-5-4-17-10(14-15-16-17)13-9(18)7-2-3-12-6-8(7)11/h2-3,6H,4-5H2,1H3,(H,13,14,16,18). The van der Waals surface area contributed by atoms with E-state index in [1.54, 1.807) is 19.4 Å². The number of ether oxygens (including phenoxy) is 1. The molecule has 0 aliphatic carbocycles. The lowest BCUT2D eigenvalue weighted by molar-refractivity contribution is 0.102. The summed E-state index contributed by atoms with van der Waals surface area (Å²) in [6.07, 6.45) is 3.08. The number of aromatic nitrogens is 5. The van der Waals surface area contributed by atoms with E-state index < -0.39 is 0 Å². The molecular weight excluding hydrogens is 316 g/mol. The van der Waals surface area contributed by atoms with Gasteiger partial charge in [0, 0.05) is 24.0 Å². The molecule has 0 atom stereocenters. The molecule has 0 saturated carbocycles. The van der Waals surface area contributed by atoms with Gasteiger partial charge in [0.25, 0.3) is 5.91 Å². The highest BCUT2D eigenvalue weighted by Gasteiger charge is 2.14. The van der Waals surface area contributed by atoms with Crippen LogP contribution in [0, 0.1) is 0 Å². The number of hydrogen-bond donors (Lipinski definition) is 1. The van der Waals surface area contributed by atoms with Crippen molar-refractivity contribution < 1.29 is 9.53 Å². The highest BCUT2D eigenvalue weighted by atomic mass is 79.9. The van der Waals surface area contributed by atoms with Crippen LogP contribution in [0.4, 0.5) is 5.95 Å². The first-order valence-electron chi connectivity index (χ1n) is 5.38. The predicted octanol–water partition coefficient (Wildman–Crippen LogP) is 0.729. The van der Waals surface area contributed by atoms with Gasteiger partial charge in [-0.05, 0) is 32.4 Å². The van der Waals surface area contributed by atoms with Gasteiger partial charge in [-0.2, -0.15) is 0 Å². The second-order valence-corrected chi connectivity index (χ2v) is 4.38. The van der Waals surface area contributed by atoms with E-state index in [2.05, 4.69) is 41.8 Å². The quantitative estimate of drug-likeness (QED) is 0.870. The van der Waals surface area contributed by atoms with Crippen molar-refractivity contribution in [3.8, 4) is 0 Å². The molecule has 8 nitrogen and oxygen atoms in total. The summed E-state index contributed by atoms with van der Waals surface area (Å²) in [6, 6.07) is 1.60. The number of tetrazole rings is 1. The number of rotatable bonds is 5. The van der Waals surface area contributed by atoms with Gasteiger partial charge in [0.2, 0.25) is 5.95 Å². The Balaban J connectivity index is 2.11. The van der Waals surface area contributed by atoms with Crippen LogP contribution in [0.2, 0.25) is 0 Å².